The molecule has 3 rings (SSSR count). The van der Waals surface area contributed by atoms with Crippen LogP contribution >= 0.6 is 0 Å². The van der Waals surface area contributed by atoms with Crippen LogP contribution in [0, 0.1) is 0 Å². The van der Waals surface area contributed by atoms with Crippen LogP contribution in [-0.2, 0) is 14.2 Å². The minimum atomic E-state index is -0.749. The Morgan fingerprint density at radius 2 is 1.36 bits per heavy atom. The number of H-pyrrole nitrogens is 1. The van der Waals surface area contributed by atoms with Crippen LogP contribution in [0.2, 0.25) is 0 Å². The number of aromatic nitrogens is 2. The summed E-state index contributed by atoms with van der Waals surface area (Å²) in [4.78, 5) is 26.3. The van der Waals surface area contributed by atoms with Crippen LogP contribution in [0.1, 0.15) is 123 Å². The molecule has 8 nitrogen and oxygen atoms in total. The van der Waals surface area contributed by atoms with Gasteiger partial charge in [-0.1, -0.05) is 90.9 Å². The average Bonchev–Trinajstić information content (AvgIpc) is 3.39. The molecular weight excluding hydrogens is 460 g/mol. The first-order chi connectivity index (χ1) is 17.5. The molecule has 0 aliphatic carbocycles. The predicted octanol–water partition coefficient (Wildman–Crippen LogP) is 5.19. The molecule has 0 aromatic carbocycles. The number of nitrogens with zero attached hydrogens (tertiary/aromatic N) is 1. The van der Waals surface area contributed by atoms with Crippen molar-refractivity contribution >= 4 is 0 Å². The summed E-state index contributed by atoms with van der Waals surface area (Å²) in [5.41, 5.74) is -1.01. The van der Waals surface area contributed by atoms with E-state index in [9.17, 15) is 14.7 Å². The first-order valence-corrected chi connectivity index (χ1v) is 14.5. The van der Waals surface area contributed by atoms with Crippen LogP contribution in [-0.4, -0.2) is 45.4 Å². The lowest BCUT2D eigenvalue weighted by Crippen LogP contribution is -2.38. The number of aliphatic hydroxyl groups is 1. The Kier molecular flexibility index (Phi) is 12.2. The van der Waals surface area contributed by atoms with Crippen molar-refractivity contribution in [1.82, 2.24) is 9.55 Å². The second kappa shape index (κ2) is 15.1. The highest BCUT2D eigenvalue weighted by molar-refractivity contribution is 5.00. The molecule has 2 aliphatic rings. The summed E-state index contributed by atoms with van der Waals surface area (Å²) in [5, 5.41) is 9.99. The van der Waals surface area contributed by atoms with Gasteiger partial charge in [-0.25, -0.2) is 4.79 Å². The van der Waals surface area contributed by atoms with Gasteiger partial charge >= 0.3 is 5.69 Å². The molecule has 1 aromatic rings. The number of unbranched alkanes of at least 4 members (excludes halogenated alkanes) is 12. The van der Waals surface area contributed by atoms with E-state index in [4.69, 9.17) is 14.2 Å². The predicted molar refractivity (Wildman–Crippen MR) is 140 cm³/mol. The highest BCUT2D eigenvalue weighted by Crippen LogP contribution is 2.46. The zero-order valence-electron chi connectivity index (χ0n) is 22.4. The molecule has 0 bridgehead atoms. The van der Waals surface area contributed by atoms with Gasteiger partial charge in [-0.2, -0.15) is 0 Å². The fraction of sp³-hybridized carbons (Fsp3) is 0.857. The van der Waals surface area contributed by atoms with Crippen molar-refractivity contribution in [3.05, 3.63) is 33.1 Å². The number of aromatic amines is 1. The lowest BCUT2D eigenvalue weighted by Gasteiger charge is -2.31. The number of aliphatic hydroxyl groups excluding tert-OH is 1. The molecule has 2 saturated heterocycles. The number of rotatable bonds is 18. The van der Waals surface area contributed by atoms with Crippen molar-refractivity contribution in [2.45, 2.75) is 147 Å². The summed E-state index contributed by atoms with van der Waals surface area (Å²) < 4.78 is 20.5. The van der Waals surface area contributed by atoms with Crippen LogP contribution < -0.4 is 11.2 Å². The molecule has 3 heterocycles. The van der Waals surface area contributed by atoms with Crippen LogP contribution in [0.4, 0.5) is 0 Å². The second-order valence-corrected chi connectivity index (χ2v) is 10.6. The largest absolute Gasteiger partial charge is 0.394 e. The molecule has 1 aromatic heterocycles. The minimum Gasteiger partial charge on any atom is -0.394 e. The van der Waals surface area contributed by atoms with E-state index in [0.717, 1.165) is 38.5 Å². The maximum Gasteiger partial charge on any atom is 0.330 e. The Morgan fingerprint density at radius 1 is 0.833 bits per heavy atom. The molecule has 2 N–H and O–H groups in total. The zero-order chi connectivity index (χ0) is 25.8. The van der Waals surface area contributed by atoms with E-state index in [1.165, 1.54) is 81.0 Å². The normalized spacial score (nSPS) is 24.9. The van der Waals surface area contributed by atoms with Gasteiger partial charge in [0.15, 0.2) is 12.0 Å². The van der Waals surface area contributed by atoms with Gasteiger partial charge in [0.05, 0.1) is 6.61 Å². The van der Waals surface area contributed by atoms with Crippen LogP contribution in [0.3, 0.4) is 0 Å². The Balaban J connectivity index is 1.65. The highest BCUT2D eigenvalue weighted by Gasteiger charge is 2.58. The molecule has 1 unspecified atom stereocenters. The van der Waals surface area contributed by atoms with Gasteiger partial charge < -0.3 is 19.3 Å². The first kappa shape index (κ1) is 29.1. The van der Waals surface area contributed by atoms with E-state index in [1.54, 1.807) is 0 Å². The van der Waals surface area contributed by atoms with Gasteiger partial charge in [0.2, 0.25) is 0 Å². The molecule has 0 radical (unpaired) electrons. The summed E-state index contributed by atoms with van der Waals surface area (Å²) >= 11 is 0. The fourth-order valence-corrected chi connectivity index (χ4v) is 5.56. The molecule has 2 fully saturated rings. The van der Waals surface area contributed by atoms with E-state index < -0.39 is 41.6 Å². The Labute approximate surface area is 215 Å². The van der Waals surface area contributed by atoms with Gasteiger partial charge in [-0.3, -0.25) is 14.3 Å². The molecule has 0 saturated carbocycles. The molecule has 36 heavy (non-hydrogen) atoms. The molecule has 206 valence electrons. The van der Waals surface area contributed by atoms with Crippen LogP contribution in [0.5, 0.6) is 0 Å². The molecule has 0 amide bonds. The maximum absolute atomic E-state index is 12.5. The average molecular weight is 509 g/mol. The number of ether oxygens (including phenoxy) is 3. The van der Waals surface area contributed by atoms with Crippen LogP contribution in [0.25, 0.3) is 0 Å². The Morgan fingerprint density at radius 3 is 1.89 bits per heavy atom. The topological polar surface area (TPSA) is 103 Å². The molecular formula is C28H48N2O6. The fourth-order valence-electron chi connectivity index (χ4n) is 5.56. The van der Waals surface area contributed by atoms with Crippen LogP contribution in [0.15, 0.2) is 21.9 Å². The van der Waals surface area contributed by atoms with Crippen molar-refractivity contribution in [2.24, 2.45) is 0 Å². The standard InChI is InChI=1S/C28H48N2O6/c1-3-5-7-9-11-13-15-18-28(19-16-14-12-10-8-6-4-2)35-24-22(21-31)34-26(25(24)36-28)30-20-17-23(32)29-27(30)33/h17,20,22,24-26,31H,3-16,18-19,21H2,1-2H3,(H,29,32,33)/t22-,24?,25+,26-/m1/s1. The highest BCUT2D eigenvalue weighted by atomic mass is 16.8. The van der Waals surface area contributed by atoms with E-state index in [-0.39, 0.29) is 6.61 Å². The smallest absolute Gasteiger partial charge is 0.330 e. The third-order valence-electron chi connectivity index (χ3n) is 7.61. The number of hydrogen-bond acceptors (Lipinski definition) is 6. The van der Waals surface area contributed by atoms with E-state index >= 15 is 0 Å². The quantitative estimate of drug-likeness (QED) is 0.265. The Hall–Kier alpha value is -1.48. The van der Waals surface area contributed by atoms with Gasteiger partial charge in [0.25, 0.3) is 5.56 Å². The van der Waals surface area contributed by atoms with Crippen molar-refractivity contribution in [1.29, 1.82) is 0 Å². The van der Waals surface area contributed by atoms with Crippen molar-refractivity contribution in [2.75, 3.05) is 6.61 Å². The molecule has 8 heteroatoms. The van der Waals surface area contributed by atoms with E-state index in [0.29, 0.717) is 0 Å². The number of fused-ring (bicyclic) bond motifs is 1. The first-order valence-electron chi connectivity index (χ1n) is 14.5. The lowest BCUT2D eigenvalue weighted by molar-refractivity contribution is -0.228. The van der Waals surface area contributed by atoms with Gasteiger partial charge in [-0.05, 0) is 12.8 Å². The van der Waals surface area contributed by atoms with E-state index in [2.05, 4.69) is 18.8 Å². The van der Waals surface area contributed by atoms with Gasteiger partial charge in [0.1, 0.15) is 18.3 Å². The van der Waals surface area contributed by atoms with Gasteiger partial charge in [-0.15, -0.1) is 0 Å². The number of nitrogens with one attached hydrogen (secondary N) is 1. The third kappa shape index (κ3) is 8.01. The molecule has 2 aliphatic heterocycles. The second-order valence-electron chi connectivity index (χ2n) is 10.6. The number of hydrogen-bond donors (Lipinski definition) is 2. The van der Waals surface area contributed by atoms with Crippen molar-refractivity contribution in [3.63, 3.8) is 0 Å². The summed E-state index contributed by atoms with van der Waals surface area (Å²) in [6, 6.07) is 1.30. The summed E-state index contributed by atoms with van der Waals surface area (Å²) in [7, 11) is 0. The SMILES string of the molecule is CCCCCCCCCC1(CCCCCCCCC)OC2[C@@H](CO)O[C@@H](n3ccc(=O)[nH]c3=O)[C@H]2O1. The molecule has 4 atom stereocenters. The van der Waals surface area contributed by atoms with E-state index in [1.807, 2.05) is 0 Å². The molecule has 0 spiro atoms. The Bertz CT molecular complexity index is 850. The third-order valence-corrected chi connectivity index (χ3v) is 7.61. The van der Waals surface area contributed by atoms with Crippen molar-refractivity contribution in [3.8, 4) is 0 Å². The summed E-state index contributed by atoms with van der Waals surface area (Å²) in [5.74, 6) is -0.719. The lowest BCUT2D eigenvalue weighted by atomic mass is 9.98. The minimum absolute atomic E-state index is 0.218. The van der Waals surface area contributed by atoms with Crippen molar-refractivity contribution < 1.29 is 19.3 Å². The van der Waals surface area contributed by atoms with Gasteiger partial charge in [0, 0.05) is 25.1 Å². The summed E-state index contributed by atoms with van der Waals surface area (Å²) in [6.07, 6.45) is 17.7. The zero-order valence-corrected chi connectivity index (χ0v) is 22.4. The maximum atomic E-state index is 12.5. The monoisotopic (exact) mass is 508 g/mol. The summed E-state index contributed by atoms with van der Waals surface area (Å²) in [6.45, 7) is 4.25.